The molecular formula is C9H9BBrNO. The molecule has 0 saturated heterocycles. The van der Waals surface area contributed by atoms with Gasteiger partial charge >= 0.3 is 7.05 Å². The van der Waals surface area contributed by atoms with E-state index in [2.05, 4.69) is 15.9 Å². The molecule has 1 aromatic carbocycles. The van der Waals surface area contributed by atoms with Gasteiger partial charge < -0.3 is 9.50 Å². The van der Waals surface area contributed by atoms with Crippen LogP contribution in [0.25, 0.3) is 10.9 Å². The Labute approximate surface area is 85.4 Å². The van der Waals surface area contributed by atoms with Gasteiger partial charge in [-0.2, -0.15) is 0 Å². The predicted molar refractivity (Wildman–Crippen MR) is 58.9 cm³/mol. The third kappa shape index (κ3) is 1.51. The fraction of sp³-hybridized carbons (Fsp3) is 0.111. The number of fused-ring (bicyclic) bond motifs is 1. The first-order valence-corrected chi connectivity index (χ1v) is 4.92. The van der Waals surface area contributed by atoms with Gasteiger partial charge in [-0.1, -0.05) is 15.9 Å². The molecule has 0 amide bonds. The summed E-state index contributed by atoms with van der Waals surface area (Å²) in [7, 11) is -0.473. The molecule has 66 valence electrons. The summed E-state index contributed by atoms with van der Waals surface area (Å²) in [6.45, 7) is 1.75. The molecule has 0 spiro atoms. The minimum absolute atomic E-state index is 0.473. The highest BCUT2D eigenvalue weighted by Crippen LogP contribution is 2.20. The highest BCUT2D eigenvalue weighted by molar-refractivity contribution is 9.10. The monoisotopic (exact) mass is 237 g/mol. The van der Waals surface area contributed by atoms with Crippen LogP contribution in [0.4, 0.5) is 0 Å². The molecule has 0 fully saturated rings. The largest absolute Gasteiger partial charge is 0.432 e. The molecule has 2 nitrogen and oxygen atoms in total. The van der Waals surface area contributed by atoms with Crippen molar-refractivity contribution in [3.05, 3.63) is 34.9 Å². The number of halogens is 1. The maximum Gasteiger partial charge on any atom is 0.413 e. The fourth-order valence-electron chi connectivity index (χ4n) is 1.46. The van der Waals surface area contributed by atoms with E-state index in [0.29, 0.717) is 0 Å². The van der Waals surface area contributed by atoms with Crippen molar-refractivity contribution in [2.24, 2.45) is 0 Å². The summed E-state index contributed by atoms with van der Waals surface area (Å²) in [6.07, 6.45) is 1.89. The zero-order valence-corrected chi connectivity index (χ0v) is 8.82. The first kappa shape index (κ1) is 8.85. The second-order valence-corrected chi connectivity index (χ2v) is 3.97. The summed E-state index contributed by atoms with van der Waals surface area (Å²) in [4.78, 5) is 0. The summed E-state index contributed by atoms with van der Waals surface area (Å²) in [5.74, 6) is 0. The zero-order valence-electron chi connectivity index (χ0n) is 7.24. The highest BCUT2D eigenvalue weighted by Gasteiger charge is 2.08. The second kappa shape index (κ2) is 3.20. The number of nitrogens with zero attached hydrogens (tertiary/aromatic N) is 1. The third-order valence-electron chi connectivity index (χ3n) is 2.09. The lowest BCUT2D eigenvalue weighted by atomic mass is 9.88. The van der Waals surface area contributed by atoms with Gasteiger partial charge in [-0.15, -0.1) is 0 Å². The highest BCUT2D eigenvalue weighted by atomic mass is 79.9. The summed E-state index contributed by atoms with van der Waals surface area (Å²) in [6, 6.07) is 7.99. The SMILES string of the molecule is CB(O)n1ccc2cc(Br)ccc21. The summed E-state index contributed by atoms with van der Waals surface area (Å²) >= 11 is 3.41. The van der Waals surface area contributed by atoms with Gasteiger partial charge in [0.05, 0.1) is 0 Å². The van der Waals surface area contributed by atoms with Gasteiger partial charge in [0.15, 0.2) is 0 Å². The predicted octanol–water partition coefficient (Wildman–Crippen LogP) is 2.36. The average molecular weight is 238 g/mol. The molecule has 4 heteroatoms. The van der Waals surface area contributed by atoms with Crippen LogP contribution in [0.1, 0.15) is 0 Å². The smallest absolute Gasteiger partial charge is 0.413 e. The second-order valence-electron chi connectivity index (χ2n) is 3.06. The van der Waals surface area contributed by atoms with Gasteiger partial charge in [0.1, 0.15) is 0 Å². The van der Waals surface area contributed by atoms with Crippen LogP contribution in [0.2, 0.25) is 6.82 Å². The number of hydrogen-bond donors (Lipinski definition) is 1. The molecule has 0 radical (unpaired) electrons. The summed E-state index contributed by atoms with van der Waals surface area (Å²) in [5, 5.41) is 10.6. The van der Waals surface area contributed by atoms with E-state index in [1.54, 1.807) is 6.82 Å². The van der Waals surface area contributed by atoms with Crippen LogP contribution in [-0.2, 0) is 0 Å². The van der Waals surface area contributed by atoms with Crippen molar-refractivity contribution in [1.29, 1.82) is 0 Å². The molecule has 0 saturated carbocycles. The Morgan fingerprint density at radius 2 is 2.15 bits per heavy atom. The summed E-state index contributed by atoms with van der Waals surface area (Å²) in [5.41, 5.74) is 1.05. The van der Waals surface area contributed by atoms with Gasteiger partial charge in [0.25, 0.3) is 0 Å². The number of hydrogen-bond acceptors (Lipinski definition) is 1. The van der Waals surface area contributed by atoms with E-state index >= 15 is 0 Å². The van der Waals surface area contributed by atoms with E-state index in [1.165, 1.54) is 0 Å². The Bertz CT molecular complexity index is 438. The molecule has 0 unspecified atom stereocenters. The average Bonchev–Trinajstić information content (AvgIpc) is 2.46. The van der Waals surface area contributed by atoms with Crippen molar-refractivity contribution >= 4 is 33.9 Å². The Balaban J connectivity index is 2.69. The minimum Gasteiger partial charge on any atom is -0.432 e. The van der Waals surface area contributed by atoms with Gasteiger partial charge in [-0.05, 0) is 42.7 Å². The number of aromatic nitrogens is 1. The number of rotatable bonds is 1. The number of benzene rings is 1. The van der Waals surface area contributed by atoms with Crippen molar-refractivity contribution in [1.82, 2.24) is 4.48 Å². The van der Waals surface area contributed by atoms with Crippen LogP contribution < -0.4 is 0 Å². The van der Waals surface area contributed by atoms with Crippen LogP contribution in [0.5, 0.6) is 0 Å². The van der Waals surface area contributed by atoms with Gasteiger partial charge in [0, 0.05) is 9.99 Å². The molecule has 0 aliphatic heterocycles. The molecule has 1 heterocycles. The van der Waals surface area contributed by atoms with Crippen molar-refractivity contribution < 1.29 is 5.02 Å². The van der Waals surface area contributed by atoms with Gasteiger partial charge in [-0.3, -0.25) is 0 Å². The van der Waals surface area contributed by atoms with E-state index in [1.807, 2.05) is 34.9 Å². The Kier molecular flexibility index (Phi) is 2.18. The van der Waals surface area contributed by atoms with Crippen molar-refractivity contribution in [2.75, 3.05) is 0 Å². The molecule has 1 N–H and O–H groups in total. The minimum atomic E-state index is -0.473. The van der Waals surface area contributed by atoms with Crippen LogP contribution in [-0.4, -0.2) is 16.6 Å². The zero-order chi connectivity index (χ0) is 9.42. The molecule has 13 heavy (non-hydrogen) atoms. The molecule has 2 aromatic rings. The molecule has 1 aromatic heterocycles. The van der Waals surface area contributed by atoms with Crippen LogP contribution in [0, 0.1) is 0 Å². The van der Waals surface area contributed by atoms with E-state index in [0.717, 1.165) is 15.4 Å². The molecule has 0 aliphatic carbocycles. The van der Waals surface area contributed by atoms with Crippen molar-refractivity contribution in [3.8, 4) is 0 Å². The van der Waals surface area contributed by atoms with E-state index < -0.39 is 7.05 Å². The maximum atomic E-state index is 9.43. The molecule has 0 atom stereocenters. The van der Waals surface area contributed by atoms with E-state index in [4.69, 9.17) is 0 Å². The topological polar surface area (TPSA) is 25.2 Å². The maximum absolute atomic E-state index is 9.43. The standard InChI is InChI=1S/C9H9BBrNO/c1-10(13)12-5-4-7-6-8(11)2-3-9(7)12/h2-6,13H,1H3. The third-order valence-corrected chi connectivity index (χ3v) is 2.58. The molecule has 2 rings (SSSR count). The van der Waals surface area contributed by atoms with Crippen LogP contribution >= 0.6 is 15.9 Å². The first-order valence-electron chi connectivity index (χ1n) is 4.12. The molecular weight excluding hydrogens is 229 g/mol. The van der Waals surface area contributed by atoms with E-state index in [-0.39, 0.29) is 0 Å². The lowest BCUT2D eigenvalue weighted by Gasteiger charge is -2.03. The Morgan fingerprint density at radius 1 is 1.38 bits per heavy atom. The van der Waals surface area contributed by atoms with Crippen LogP contribution in [0.15, 0.2) is 34.9 Å². The fourth-order valence-corrected chi connectivity index (χ4v) is 1.84. The summed E-state index contributed by atoms with van der Waals surface area (Å²) < 4.78 is 2.89. The quantitative estimate of drug-likeness (QED) is 0.758. The van der Waals surface area contributed by atoms with Crippen LogP contribution in [0.3, 0.4) is 0 Å². The van der Waals surface area contributed by atoms with Gasteiger partial charge in [0.2, 0.25) is 0 Å². The van der Waals surface area contributed by atoms with Crippen molar-refractivity contribution in [3.63, 3.8) is 0 Å². The lowest BCUT2D eigenvalue weighted by Crippen LogP contribution is -2.17. The van der Waals surface area contributed by atoms with Gasteiger partial charge in [-0.25, -0.2) is 0 Å². The van der Waals surface area contributed by atoms with Crippen molar-refractivity contribution in [2.45, 2.75) is 6.82 Å². The van der Waals surface area contributed by atoms with E-state index in [9.17, 15) is 5.02 Å². The normalized spacial score (nSPS) is 10.7. The Morgan fingerprint density at radius 3 is 2.85 bits per heavy atom. The molecule has 0 bridgehead atoms. The first-order chi connectivity index (χ1) is 6.18. The Hall–Kier alpha value is -0.735. The lowest BCUT2D eigenvalue weighted by molar-refractivity contribution is 0.566. The molecule has 0 aliphatic rings.